The number of aryl methyl sites for hydroxylation is 1. The highest BCUT2D eigenvalue weighted by Crippen LogP contribution is 2.24. The fourth-order valence-electron chi connectivity index (χ4n) is 2.42. The van der Waals surface area contributed by atoms with Crippen molar-refractivity contribution in [3.05, 3.63) is 60.2 Å². The SMILES string of the molecule is Cc1ccccc1N=C1SCCCN1C(=O)COc1ccccc1. The summed E-state index contributed by atoms with van der Waals surface area (Å²) < 4.78 is 5.59. The Morgan fingerprint density at radius 2 is 1.92 bits per heavy atom. The van der Waals surface area contributed by atoms with Gasteiger partial charge in [-0.3, -0.25) is 9.69 Å². The molecule has 0 atom stereocenters. The van der Waals surface area contributed by atoms with Crippen molar-refractivity contribution in [2.24, 2.45) is 4.99 Å². The van der Waals surface area contributed by atoms with Gasteiger partial charge in [-0.05, 0) is 37.1 Å². The molecule has 5 heteroatoms. The number of thioether (sulfide) groups is 1. The first-order valence-corrected chi connectivity index (χ1v) is 8.98. The molecule has 1 saturated heterocycles. The number of rotatable bonds is 4. The Labute approximate surface area is 146 Å². The Morgan fingerprint density at radius 1 is 1.17 bits per heavy atom. The number of aliphatic imine (C=N–C) groups is 1. The Bertz CT molecular complexity index is 731. The van der Waals surface area contributed by atoms with E-state index < -0.39 is 0 Å². The largest absolute Gasteiger partial charge is 0.484 e. The lowest BCUT2D eigenvalue weighted by Gasteiger charge is -2.27. The summed E-state index contributed by atoms with van der Waals surface area (Å²) in [5, 5.41) is 0.761. The summed E-state index contributed by atoms with van der Waals surface area (Å²) in [6.45, 7) is 2.74. The third-order valence-electron chi connectivity index (χ3n) is 3.73. The van der Waals surface area contributed by atoms with Gasteiger partial charge >= 0.3 is 0 Å². The first kappa shape index (κ1) is 16.6. The highest BCUT2D eigenvalue weighted by molar-refractivity contribution is 8.13. The number of ether oxygens (including phenoxy) is 1. The van der Waals surface area contributed by atoms with Crippen LogP contribution in [0.2, 0.25) is 0 Å². The second kappa shape index (κ2) is 8.02. The van der Waals surface area contributed by atoms with E-state index in [-0.39, 0.29) is 12.5 Å². The zero-order valence-corrected chi connectivity index (χ0v) is 14.5. The van der Waals surface area contributed by atoms with Gasteiger partial charge in [-0.15, -0.1) is 0 Å². The third kappa shape index (κ3) is 4.17. The van der Waals surface area contributed by atoms with Crippen molar-refractivity contribution in [2.75, 3.05) is 18.9 Å². The van der Waals surface area contributed by atoms with E-state index in [1.54, 1.807) is 16.7 Å². The first-order chi connectivity index (χ1) is 11.7. The molecule has 1 fully saturated rings. The lowest BCUT2D eigenvalue weighted by molar-refractivity contribution is -0.129. The highest BCUT2D eigenvalue weighted by atomic mass is 32.2. The summed E-state index contributed by atoms with van der Waals surface area (Å²) in [5.74, 6) is 1.62. The molecular formula is C19H20N2O2S. The number of benzene rings is 2. The summed E-state index contributed by atoms with van der Waals surface area (Å²) >= 11 is 1.62. The van der Waals surface area contributed by atoms with Crippen molar-refractivity contribution < 1.29 is 9.53 Å². The molecule has 24 heavy (non-hydrogen) atoms. The van der Waals surface area contributed by atoms with Gasteiger partial charge in [0.15, 0.2) is 11.8 Å². The number of carbonyl (C=O) groups excluding carboxylic acids is 1. The number of amidine groups is 1. The van der Waals surface area contributed by atoms with E-state index in [0.717, 1.165) is 28.6 Å². The molecule has 4 nitrogen and oxygen atoms in total. The number of hydrogen-bond acceptors (Lipinski definition) is 4. The lowest BCUT2D eigenvalue weighted by atomic mass is 10.2. The minimum atomic E-state index is -0.0570. The molecule has 0 spiro atoms. The fraction of sp³-hybridized carbons (Fsp3) is 0.263. The number of hydrogen-bond donors (Lipinski definition) is 0. The van der Waals surface area contributed by atoms with Crippen LogP contribution in [0.3, 0.4) is 0 Å². The van der Waals surface area contributed by atoms with Crippen molar-refractivity contribution in [1.29, 1.82) is 0 Å². The molecule has 0 bridgehead atoms. The van der Waals surface area contributed by atoms with Crippen molar-refractivity contribution in [1.82, 2.24) is 4.90 Å². The van der Waals surface area contributed by atoms with Gasteiger partial charge in [0, 0.05) is 12.3 Å². The smallest absolute Gasteiger partial charge is 0.266 e. The molecule has 1 heterocycles. The second-order valence-electron chi connectivity index (χ2n) is 5.53. The van der Waals surface area contributed by atoms with E-state index in [0.29, 0.717) is 12.3 Å². The average molecular weight is 340 g/mol. The van der Waals surface area contributed by atoms with Crippen molar-refractivity contribution in [2.45, 2.75) is 13.3 Å². The number of carbonyl (C=O) groups is 1. The van der Waals surface area contributed by atoms with E-state index in [9.17, 15) is 4.79 Å². The van der Waals surface area contributed by atoms with Crippen LogP contribution in [0, 0.1) is 6.92 Å². The molecule has 2 aromatic rings. The minimum absolute atomic E-state index is 0.0252. The van der Waals surface area contributed by atoms with Crippen LogP contribution < -0.4 is 4.74 Å². The van der Waals surface area contributed by atoms with Crippen LogP contribution in [0.25, 0.3) is 0 Å². The monoisotopic (exact) mass is 340 g/mol. The predicted octanol–water partition coefficient (Wildman–Crippen LogP) is 4.03. The van der Waals surface area contributed by atoms with E-state index in [4.69, 9.17) is 9.73 Å². The van der Waals surface area contributed by atoms with Crippen molar-refractivity contribution in [3.63, 3.8) is 0 Å². The molecule has 0 N–H and O–H groups in total. The second-order valence-corrected chi connectivity index (χ2v) is 6.59. The first-order valence-electron chi connectivity index (χ1n) is 7.99. The highest BCUT2D eigenvalue weighted by Gasteiger charge is 2.24. The number of amides is 1. The number of nitrogens with zero attached hydrogens (tertiary/aromatic N) is 2. The van der Waals surface area contributed by atoms with Gasteiger partial charge in [-0.2, -0.15) is 0 Å². The fourth-order valence-corrected chi connectivity index (χ4v) is 3.38. The summed E-state index contributed by atoms with van der Waals surface area (Å²) in [6, 6.07) is 17.3. The van der Waals surface area contributed by atoms with Gasteiger partial charge in [0.25, 0.3) is 5.91 Å². The summed E-state index contributed by atoms with van der Waals surface area (Å²) in [4.78, 5) is 19.0. The van der Waals surface area contributed by atoms with Crippen molar-refractivity contribution in [3.8, 4) is 5.75 Å². The van der Waals surface area contributed by atoms with Crippen LogP contribution in [-0.2, 0) is 4.79 Å². The molecule has 3 rings (SSSR count). The van der Waals surface area contributed by atoms with Crippen LogP contribution in [0.15, 0.2) is 59.6 Å². The maximum Gasteiger partial charge on any atom is 0.266 e. The average Bonchev–Trinajstić information content (AvgIpc) is 2.63. The van der Waals surface area contributed by atoms with Gasteiger partial charge in [-0.1, -0.05) is 48.2 Å². The van der Waals surface area contributed by atoms with Crippen LogP contribution in [0.4, 0.5) is 5.69 Å². The molecule has 0 saturated carbocycles. The molecular weight excluding hydrogens is 320 g/mol. The van der Waals surface area contributed by atoms with E-state index >= 15 is 0 Å². The summed E-state index contributed by atoms with van der Waals surface area (Å²) in [5.41, 5.74) is 2.01. The molecule has 124 valence electrons. The van der Waals surface area contributed by atoms with E-state index in [1.807, 2.05) is 61.5 Å². The molecule has 0 aliphatic carbocycles. The van der Waals surface area contributed by atoms with Crippen LogP contribution in [0.1, 0.15) is 12.0 Å². The molecule has 1 amide bonds. The molecule has 0 unspecified atom stereocenters. The Hall–Kier alpha value is -2.27. The normalized spacial score (nSPS) is 16.2. The molecule has 1 aliphatic heterocycles. The number of para-hydroxylation sites is 2. The van der Waals surface area contributed by atoms with E-state index in [2.05, 4.69) is 0 Å². The molecule has 0 radical (unpaired) electrons. The molecule has 1 aliphatic rings. The van der Waals surface area contributed by atoms with Gasteiger partial charge in [0.1, 0.15) is 5.75 Å². The maximum absolute atomic E-state index is 12.6. The van der Waals surface area contributed by atoms with E-state index in [1.165, 1.54) is 0 Å². The van der Waals surface area contributed by atoms with Crippen LogP contribution in [0.5, 0.6) is 5.75 Å². The third-order valence-corrected chi connectivity index (χ3v) is 4.79. The molecule has 2 aromatic carbocycles. The zero-order valence-electron chi connectivity index (χ0n) is 13.6. The topological polar surface area (TPSA) is 41.9 Å². The van der Waals surface area contributed by atoms with Gasteiger partial charge in [0.2, 0.25) is 0 Å². The quantitative estimate of drug-likeness (QED) is 0.844. The predicted molar refractivity (Wildman–Crippen MR) is 99.0 cm³/mol. The van der Waals surface area contributed by atoms with Gasteiger partial charge in [0.05, 0.1) is 5.69 Å². The molecule has 0 aromatic heterocycles. The Balaban J connectivity index is 1.72. The zero-order chi connectivity index (χ0) is 16.8. The Morgan fingerprint density at radius 3 is 2.71 bits per heavy atom. The lowest BCUT2D eigenvalue weighted by Crippen LogP contribution is -2.41. The summed E-state index contributed by atoms with van der Waals surface area (Å²) in [7, 11) is 0. The standard InChI is InChI=1S/C19H20N2O2S/c1-15-8-5-6-11-17(15)20-19-21(12-7-13-24-19)18(22)14-23-16-9-3-2-4-10-16/h2-6,8-11H,7,12-14H2,1H3. The van der Waals surface area contributed by atoms with Gasteiger partial charge in [-0.25, -0.2) is 4.99 Å². The van der Waals surface area contributed by atoms with Gasteiger partial charge < -0.3 is 4.74 Å². The minimum Gasteiger partial charge on any atom is -0.484 e. The van der Waals surface area contributed by atoms with Crippen molar-refractivity contribution >= 4 is 28.5 Å². The Kier molecular flexibility index (Phi) is 5.54. The summed E-state index contributed by atoms with van der Waals surface area (Å²) in [6.07, 6.45) is 0.967. The maximum atomic E-state index is 12.6. The van der Waals surface area contributed by atoms with Crippen LogP contribution >= 0.6 is 11.8 Å². The van der Waals surface area contributed by atoms with Crippen LogP contribution in [-0.4, -0.2) is 34.9 Å².